The monoisotopic (exact) mass is 211 g/mol. The fraction of sp³-hybridized carbons (Fsp3) is 0.444. The summed E-state index contributed by atoms with van der Waals surface area (Å²) in [6.07, 6.45) is 4.87. The highest BCUT2D eigenvalue weighted by atomic mass is 16.5. The predicted molar refractivity (Wildman–Crippen MR) is 51.8 cm³/mol. The van der Waals surface area contributed by atoms with Crippen LogP contribution >= 0.6 is 0 Å². The highest BCUT2D eigenvalue weighted by Gasteiger charge is 2.20. The Balaban J connectivity index is 2.64. The predicted octanol–water partition coefficient (Wildman–Crippen LogP) is -0.439. The second kappa shape index (κ2) is 5.14. The minimum absolute atomic E-state index is 0.273. The summed E-state index contributed by atoms with van der Waals surface area (Å²) < 4.78 is 6.27. The van der Waals surface area contributed by atoms with E-state index in [-0.39, 0.29) is 5.91 Å². The third-order valence-corrected chi connectivity index (χ3v) is 1.82. The zero-order valence-electron chi connectivity index (χ0n) is 8.64. The summed E-state index contributed by atoms with van der Waals surface area (Å²) in [7, 11) is 1.28. The van der Waals surface area contributed by atoms with Crippen LogP contribution in [-0.4, -0.2) is 34.6 Å². The maximum atomic E-state index is 11.3. The van der Waals surface area contributed by atoms with Gasteiger partial charge >= 0.3 is 5.97 Å². The third kappa shape index (κ3) is 3.41. The number of ether oxygens (including phenoxy) is 1. The highest BCUT2D eigenvalue weighted by Crippen LogP contribution is 1.95. The summed E-state index contributed by atoms with van der Waals surface area (Å²) in [5.41, 5.74) is 0. The molecule has 1 N–H and O–H groups in total. The minimum atomic E-state index is -0.679. The topological polar surface area (TPSA) is 73.2 Å². The van der Waals surface area contributed by atoms with E-state index in [0.717, 1.165) is 0 Å². The molecule has 1 amide bonds. The van der Waals surface area contributed by atoms with Crippen molar-refractivity contribution in [2.75, 3.05) is 7.11 Å². The van der Waals surface area contributed by atoms with E-state index in [1.165, 1.54) is 14.0 Å². The van der Waals surface area contributed by atoms with Crippen molar-refractivity contribution in [3.63, 3.8) is 0 Å². The van der Waals surface area contributed by atoms with Gasteiger partial charge in [-0.25, -0.2) is 9.78 Å². The van der Waals surface area contributed by atoms with Gasteiger partial charge in [-0.2, -0.15) is 0 Å². The summed E-state index contributed by atoms with van der Waals surface area (Å²) >= 11 is 0. The van der Waals surface area contributed by atoms with Crippen LogP contribution < -0.4 is 5.32 Å². The van der Waals surface area contributed by atoms with Crippen LogP contribution in [0.4, 0.5) is 0 Å². The van der Waals surface area contributed by atoms with Gasteiger partial charge in [0.05, 0.1) is 20.0 Å². The van der Waals surface area contributed by atoms with Crippen LogP contribution in [0.2, 0.25) is 0 Å². The van der Waals surface area contributed by atoms with E-state index >= 15 is 0 Å². The molecule has 0 aliphatic heterocycles. The highest BCUT2D eigenvalue weighted by molar-refractivity contribution is 5.83. The second-order valence-electron chi connectivity index (χ2n) is 3.04. The van der Waals surface area contributed by atoms with E-state index < -0.39 is 12.0 Å². The lowest BCUT2D eigenvalue weighted by atomic mass is 10.3. The number of carbonyl (C=O) groups is 2. The van der Waals surface area contributed by atoms with Crippen molar-refractivity contribution in [3.8, 4) is 0 Å². The van der Waals surface area contributed by atoms with Gasteiger partial charge in [0.25, 0.3) is 0 Å². The molecule has 0 bridgehead atoms. The van der Waals surface area contributed by atoms with E-state index in [0.29, 0.717) is 6.54 Å². The molecule has 6 heteroatoms. The summed E-state index contributed by atoms with van der Waals surface area (Å²) in [6, 6.07) is -0.679. The Morgan fingerprint density at radius 1 is 1.60 bits per heavy atom. The quantitative estimate of drug-likeness (QED) is 0.685. The first kappa shape index (κ1) is 11.2. The average Bonchev–Trinajstić information content (AvgIpc) is 2.67. The lowest BCUT2D eigenvalue weighted by molar-refractivity contribution is -0.145. The van der Waals surface area contributed by atoms with Gasteiger partial charge in [0.15, 0.2) is 0 Å². The molecule has 1 aromatic rings. The molecule has 0 aliphatic carbocycles. The third-order valence-electron chi connectivity index (χ3n) is 1.82. The van der Waals surface area contributed by atoms with Crippen LogP contribution in [0.1, 0.15) is 6.92 Å². The largest absolute Gasteiger partial charge is 0.467 e. The normalized spacial score (nSPS) is 11.9. The minimum Gasteiger partial charge on any atom is -0.467 e. The Morgan fingerprint density at radius 3 is 2.80 bits per heavy atom. The number of esters is 1. The Hall–Kier alpha value is -1.85. The Morgan fingerprint density at radius 2 is 2.33 bits per heavy atom. The molecule has 0 radical (unpaired) electrons. The molecule has 1 heterocycles. The first-order chi connectivity index (χ1) is 7.13. The smallest absolute Gasteiger partial charge is 0.330 e. The number of carbonyl (C=O) groups excluding carboxylic acids is 2. The number of rotatable bonds is 4. The zero-order valence-corrected chi connectivity index (χ0v) is 8.64. The summed E-state index contributed by atoms with van der Waals surface area (Å²) in [5, 5.41) is 2.51. The molecule has 15 heavy (non-hydrogen) atoms. The van der Waals surface area contributed by atoms with Gasteiger partial charge in [-0.3, -0.25) is 4.79 Å². The number of aromatic nitrogens is 2. The first-order valence-electron chi connectivity index (χ1n) is 4.44. The van der Waals surface area contributed by atoms with Gasteiger partial charge in [-0.15, -0.1) is 0 Å². The zero-order chi connectivity index (χ0) is 11.3. The van der Waals surface area contributed by atoms with E-state index in [4.69, 9.17) is 0 Å². The Labute approximate surface area is 87.2 Å². The van der Waals surface area contributed by atoms with Crippen molar-refractivity contribution in [2.24, 2.45) is 0 Å². The number of methoxy groups -OCH3 is 1. The molecular formula is C9H13N3O3. The van der Waals surface area contributed by atoms with E-state index in [1.807, 2.05) is 0 Å². The van der Waals surface area contributed by atoms with Crippen LogP contribution in [0.5, 0.6) is 0 Å². The number of hydrogen-bond acceptors (Lipinski definition) is 4. The van der Waals surface area contributed by atoms with Crippen LogP contribution in [0, 0.1) is 0 Å². The second-order valence-corrected chi connectivity index (χ2v) is 3.04. The molecule has 1 aromatic heterocycles. The van der Waals surface area contributed by atoms with E-state index in [9.17, 15) is 9.59 Å². The summed E-state index contributed by atoms with van der Waals surface area (Å²) in [6.45, 7) is 1.66. The molecule has 1 unspecified atom stereocenters. The van der Waals surface area contributed by atoms with Crippen molar-refractivity contribution in [3.05, 3.63) is 18.7 Å². The molecule has 82 valence electrons. The van der Waals surface area contributed by atoms with Crippen molar-refractivity contribution in [1.29, 1.82) is 0 Å². The van der Waals surface area contributed by atoms with Gasteiger partial charge < -0.3 is 14.6 Å². The lowest BCUT2D eigenvalue weighted by Gasteiger charge is -2.15. The molecule has 0 aliphatic rings. The van der Waals surface area contributed by atoms with Gasteiger partial charge in [-0.1, -0.05) is 0 Å². The van der Waals surface area contributed by atoms with Crippen LogP contribution in [0.15, 0.2) is 18.7 Å². The number of nitrogens with zero attached hydrogens (tertiary/aromatic N) is 2. The molecule has 0 aromatic carbocycles. The van der Waals surface area contributed by atoms with Crippen molar-refractivity contribution in [2.45, 2.75) is 19.5 Å². The van der Waals surface area contributed by atoms with Crippen molar-refractivity contribution < 1.29 is 14.3 Å². The molecule has 0 saturated carbocycles. The maximum Gasteiger partial charge on any atom is 0.330 e. The molecule has 1 rings (SSSR count). The molecule has 1 atom stereocenters. The Bertz CT molecular complexity index is 334. The van der Waals surface area contributed by atoms with E-state index in [2.05, 4.69) is 15.0 Å². The number of nitrogens with one attached hydrogen (secondary N) is 1. The van der Waals surface area contributed by atoms with E-state index in [1.54, 1.807) is 23.3 Å². The van der Waals surface area contributed by atoms with Gasteiger partial charge in [0.1, 0.15) is 6.04 Å². The fourth-order valence-corrected chi connectivity index (χ4v) is 1.17. The standard InChI is InChI=1S/C9H13N3O3/c1-7(13)11-8(9(14)15-2)5-12-4-3-10-6-12/h3-4,6,8H,5H2,1-2H3,(H,11,13). The summed E-state index contributed by atoms with van der Waals surface area (Å²) in [4.78, 5) is 26.0. The van der Waals surface area contributed by atoms with Crippen LogP contribution in [-0.2, 0) is 20.9 Å². The van der Waals surface area contributed by atoms with Crippen LogP contribution in [0.3, 0.4) is 0 Å². The SMILES string of the molecule is COC(=O)C(Cn1ccnc1)NC(C)=O. The molecule has 0 saturated heterocycles. The first-order valence-corrected chi connectivity index (χ1v) is 4.44. The van der Waals surface area contributed by atoms with Gasteiger partial charge in [0, 0.05) is 19.3 Å². The fourth-order valence-electron chi connectivity index (χ4n) is 1.17. The molecule has 0 fully saturated rings. The van der Waals surface area contributed by atoms with Crippen LogP contribution in [0.25, 0.3) is 0 Å². The van der Waals surface area contributed by atoms with Crippen molar-refractivity contribution in [1.82, 2.24) is 14.9 Å². The van der Waals surface area contributed by atoms with Gasteiger partial charge in [-0.05, 0) is 0 Å². The Kier molecular flexibility index (Phi) is 3.84. The number of imidazole rings is 1. The summed E-state index contributed by atoms with van der Waals surface area (Å²) in [5.74, 6) is -0.746. The molecule has 0 spiro atoms. The number of hydrogen-bond donors (Lipinski definition) is 1. The molecular weight excluding hydrogens is 198 g/mol. The van der Waals surface area contributed by atoms with Gasteiger partial charge in [0.2, 0.25) is 5.91 Å². The molecule has 6 nitrogen and oxygen atoms in total. The number of amides is 1. The van der Waals surface area contributed by atoms with Crippen molar-refractivity contribution >= 4 is 11.9 Å². The average molecular weight is 211 g/mol. The maximum absolute atomic E-state index is 11.3. The lowest BCUT2D eigenvalue weighted by Crippen LogP contribution is -2.43.